The van der Waals surface area contributed by atoms with Crippen LogP contribution in [0.5, 0.6) is 11.5 Å². The molecule has 0 radical (unpaired) electrons. The number of nitrogens with zero attached hydrogens (tertiary/aromatic N) is 1. The summed E-state index contributed by atoms with van der Waals surface area (Å²) in [4.78, 5) is 17.0. The molecule has 0 saturated carbocycles. The summed E-state index contributed by atoms with van der Waals surface area (Å²) < 4.78 is 11.2. The summed E-state index contributed by atoms with van der Waals surface area (Å²) in [5, 5.41) is 6.35. The number of piperidine rings is 1. The summed E-state index contributed by atoms with van der Waals surface area (Å²) in [7, 11) is 1.64. The van der Waals surface area contributed by atoms with E-state index >= 15 is 0 Å². The van der Waals surface area contributed by atoms with Crippen molar-refractivity contribution in [3.63, 3.8) is 0 Å². The monoisotopic (exact) mass is 427 g/mol. The first kappa shape index (κ1) is 24.2. The Morgan fingerprint density at radius 1 is 1.25 bits per heavy atom. The second-order valence-electron chi connectivity index (χ2n) is 6.69. The Balaban J connectivity index is 0.00000196. The summed E-state index contributed by atoms with van der Waals surface area (Å²) in [5.41, 5.74) is 1.23. The molecule has 1 aliphatic heterocycles. The molecule has 6 nitrogen and oxygen atoms in total. The van der Waals surface area contributed by atoms with Gasteiger partial charge in [0.25, 0.3) is 0 Å². The van der Waals surface area contributed by atoms with Gasteiger partial charge in [-0.1, -0.05) is 0 Å². The number of hydrogen-bond acceptors (Lipinski definition) is 5. The molecule has 0 spiro atoms. The molecule has 0 unspecified atom stereocenters. The van der Waals surface area contributed by atoms with Gasteiger partial charge in [-0.25, -0.2) is 0 Å². The molecule has 154 valence electrons. The molecule has 1 saturated heterocycles. The standard InChI is InChI=1S/C20H25N3O3.2ClH/c1-15-12-16(5-6-18(15)26-17-4-3-9-22-13-17)23-19(24)20(14-25-2)7-10-21-11-8-20;;/h3-6,9,12-13,21H,7-8,10-11,14H2,1-2H3,(H,23,24);2*1H. The fourth-order valence-corrected chi connectivity index (χ4v) is 3.26. The predicted molar refractivity (Wildman–Crippen MR) is 115 cm³/mol. The highest BCUT2D eigenvalue weighted by Crippen LogP contribution is 2.32. The Bertz CT molecular complexity index is 748. The molecule has 3 rings (SSSR count). The van der Waals surface area contributed by atoms with Crippen molar-refractivity contribution in [2.24, 2.45) is 5.41 Å². The average molecular weight is 428 g/mol. The number of anilines is 1. The first-order valence-corrected chi connectivity index (χ1v) is 8.83. The van der Waals surface area contributed by atoms with E-state index in [2.05, 4.69) is 15.6 Å². The van der Waals surface area contributed by atoms with Crippen LogP contribution < -0.4 is 15.4 Å². The molecule has 0 aliphatic carbocycles. The molecule has 1 amide bonds. The number of pyridine rings is 1. The zero-order valence-electron chi connectivity index (χ0n) is 16.1. The topological polar surface area (TPSA) is 72.5 Å². The minimum Gasteiger partial charge on any atom is -0.455 e. The van der Waals surface area contributed by atoms with Gasteiger partial charge in [0.15, 0.2) is 0 Å². The van der Waals surface area contributed by atoms with E-state index in [0.717, 1.165) is 42.9 Å². The van der Waals surface area contributed by atoms with Gasteiger partial charge in [-0.15, -0.1) is 24.8 Å². The lowest BCUT2D eigenvalue weighted by Crippen LogP contribution is -2.47. The van der Waals surface area contributed by atoms with E-state index in [-0.39, 0.29) is 30.7 Å². The number of benzene rings is 1. The lowest BCUT2D eigenvalue weighted by Gasteiger charge is -2.35. The number of halogens is 2. The van der Waals surface area contributed by atoms with Crippen molar-refractivity contribution in [2.45, 2.75) is 19.8 Å². The highest BCUT2D eigenvalue weighted by Gasteiger charge is 2.39. The highest BCUT2D eigenvalue weighted by molar-refractivity contribution is 5.95. The SMILES string of the molecule is COCC1(C(=O)Nc2ccc(Oc3cccnc3)c(C)c2)CCNCC1.Cl.Cl. The summed E-state index contributed by atoms with van der Waals surface area (Å²) in [6.07, 6.45) is 4.91. The molecule has 1 fully saturated rings. The number of rotatable bonds is 6. The van der Waals surface area contributed by atoms with Gasteiger partial charge in [-0.3, -0.25) is 9.78 Å². The van der Waals surface area contributed by atoms with E-state index in [0.29, 0.717) is 12.4 Å². The lowest BCUT2D eigenvalue weighted by atomic mass is 9.78. The van der Waals surface area contributed by atoms with Gasteiger partial charge >= 0.3 is 0 Å². The maximum atomic E-state index is 12.9. The number of ether oxygens (including phenoxy) is 2. The van der Waals surface area contributed by atoms with Crippen LogP contribution in [0, 0.1) is 12.3 Å². The molecule has 1 aliphatic rings. The normalized spacial score (nSPS) is 14.9. The van der Waals surface area contributed by atoms with Gasteiger partial charge in [0.2, 0.25) is 5.91 Å². The van der Waals surface area contributed by atoms with Crippen molar-refractivity contribution in [2.75, 3.05) is 32.1 Å². The quantitative estimate of drug-likeness (QED) is 0.728. The maximum Gasteiger partial charge on any atom is 0.233 e. The summed E-state index contributed by atoms with van der Waals surface area (Å²) in [6, 6.07) is 9.33. The second kappa shape index (κ2) is 11.2. The summed E-state index contributed by atoms with van der Waals surface area (Å²) in [5.74, 6) is 1.44. The molecule has 0 bridgehead atoms. The van der Waals surface area contributed by atoms with Crippen LogP contribution in [-0.2, 0) is 9.53 Å². The van der Waals surface area contributed by atoms with Crippen molar-refractivity contribution >= 4 is 36.4 Å². The average Bonchev–Trinajstić information content (AvgIpc) is 2.66. The largest absolute Gasteiger partial charge is 0.455 e. The first-order valence-electron chi connectivity index (χ1n) is 8.83. The molecular weight excluding hydrogens is 401 g/mol. The zero-order valence-corrected chi connectivity index (χ0v) is 17.7. The molecule has 2 heterocycles. The van der Waals surface area contributed by atoms with Gasteiger partial charge in [0.1, 0.15) is 11.5 Å². The van der Waals surface area contributed by atoms with Gasteiger partial charge in [0, 0.05) is 19.0 Å². The fourth-order valence-electron chi connectivity index (χ4n) is 3.26. The number of aryl methyl sites for hydroxylation is 1. The van der Waals surface area contributed by atoms with Crippen molar-refractivity contribution in [3.8, 4) is 11.5 Å². The first-order chi connectivity index (χ1) is 12.6. The molecule has 0 atom stereocenters. The summed E-state index contributed by atoms with van der Waals surface area (Å²) in [6.45, 7) is 4.04. The Hall–Kier alpha value is -1.86. The van der Waals surface area contributed by atoms with Gasteiger partial charge in [0.05, 0.1) is 18.2 Å². The Morgan fingerprint density at radius 2 is 2.00 bits per heavy atom. The molecule has 28 heavy (non-hydrogen) atoms. The number of aromatic nitrogens is 1. The van der Waals surface area contributed by atoms with Crippen LogP contribution in [0.4, 0.5) is 5.69 Å². The molecule has 1 aromatic carbocycles. The van der Waals surface area contributed by atoms with Crippen LogP contribution in [0.15, 0.2) is 42.7 Å². The molecule has 2 aromatic rings. The number of amides is 1. The lowest BCUT2D eigenvalue weighted by molar-refractivity contribution is -0.130. The van der Waals surface area contributed by atoms with E-state index in [4.69, 9.17) is 9.47 Å². The van der Waals surface area contributed by atoms with E-state index in [1.807, 2.05) is 37.3 Å². The van der Waals surface area contributed by atoms with Crippen LogP contribution in [-0.4, -0.2) is 37.7 Å². The van der Waals surface area contributed by atoms with Crippen LogP contribution in [0.25, 0.3) is 0 Å². The molecule has 8 heteroatoms. The van der Waals surface area contributed by atoms with Gasteiger partial charge in [-0.05, 0) is 68.8 Å². The van der Waals surface area contributed by atoms with Crippen molar-refractivity contribution in [3.05, 3.63) is 48.3 Å². The van der Waals surface area contributed by atoms with Crippen LogP contribution in [0.1, 0.15) is 18.4 Å². The number of hydrogen-bond donors (Lipinski definition) is 2. The third-order valence-electron chi connectivity index (χ3n) is 4.76. The van der Waals surface area contributed by atoms with E-state index in [1.54, 1.807) is 19.5 Å². The molecule has 2 N–H and O–H groups in total. The van der Waals surface area contributed by atoms with E-state index < -0.39 is 5.41 Å². The van der Waals surface area contributed by atoms with E-state index in [1.165, 1.54) is 0 Å². The van der Waals surface area contributed by atoms with Crippen molar-refractivity contribution in [1.82, 2.24) is 10.3 Å². The van der Waals surface area contributed by atoms with Crippen molar-refractivity contribution < 1.29 is 14.3 Å². The second-order valence-corrected chi connectivity index (χ2v) is 6.69. The molecule has 1 aromatic heterocycles. The van der Waals surface area contributed by atoms with Crippen molar-refractivity contribution in [1.29, 1.82) is 0 Å². The third kappa shape index (κ3) is 5.82. The van der Waals surface area contributed by atoms with Crippen LogP contribution >= 0.6 is 24.8 Å². The number of carbonyl (C=O) groups excluding carboxylic acids is 1. The molecular formula is C20H27Cl2N3O3. The number of methoxy groups -OCH3 is 1. The fraction of sp³-hybridized carbons (Fsp3) is 0.400. The minimum atomic E-state index is -0.473. The highest BCUT2D eigenvalue weighted by atomic mass is 35.5. The third-order valence-corrected chi connectivity index (χ3v) is 4.76. The zero-order chi connectivity index (χ0) is 18.4. The maximum absolute atomic E-state index is 12.9. The van der Waals surface area contributed by atoms with Gasteiger partial charge < -0.3 is 20.1 Å². The van der Waals surface area contributed by atoms with E-state index in [9.17, 15) is 4.79 Å². The minimum absolute atomic E-state index is 0. The summed E-state index contributed by atoms with van der Waals surface area (Å²) >= 11 is 0. The van der Waals surface area contributed by atoms with Crippen LogP contribution in [0.3, 0.4) is 0 Å². The Labute approximate surface area is 178 Å². The van der Waals surface area contributed by atoms with Gasteiger partial charge in [-0.2, -0.15) is 0 Å². The van der Waals surface area contributed by atoms with Crippen LogP contribution in [0.2, 0.25) is 0 Å². The number of carbonyl (C=O) groups is 1. The number of nitrogens with one attached hydrogen (secondary N) is 2. The predicted octanol–water partition coefficient (Wildman–Crippen LogP) is 3.98. The smallest absolute Gasteiger partial charge is 0.233 e. The Kier molecular flexibility index (Phi) is 9.69. The Morgan fingerprint density at radius 3 is 2.61 bits per heavy atom.